The summed E-state index contributed by atoms with van der Waals surface area (Å²) in [5.74, 6) is 0. The number of non-ortho nitro benzene ring substituents is 1. The van der Waals surface area contributed by atoms with Gasteiger partial charge in [0.2, 0.25) is 0 Å². The molecule has 0 bridgehead atoms. The Morgan fingerprint density at radius 3 is 2.60 bits per heavy atom. The van der Waals surface area contributed by atoms with Crippen LogP contribution in [0.15, 0.2) is 48.7 Å². The zero-order valence-electron chi connectivity index (χ0n) is 10.2. The highest BCUT2D eigenvalue weighted by Crippen LogP contribution is 2.30. The summed E-state index contributed by atoms with van der Waals surface area (Å²) in [5.41, 5.74) is 2.46. The van der Waals surface area contributed by atoms with Crippen molar-refractivity contribution in [2.75, 3.05) is 0 Å². The summed E-state index contributed by atoms with van der Waals surface area (Å²) < 4.78 is 0. The third kappa shape index (κ3) is 2.19. The highest BCUT2D eigenvalue weighted by molar-refractivity contribution is 6.33. The lowest BCUT2D eigenvalue weighted by Gasteiger charge is -2.04. The van der Waals surface area contributed by atoms with E-state index in [0.29, 0.717) is 21.8 Å². The van der Waals surface area contributed by atoms with E-state index in [4.69, 9.17) is 11.6 Å². The molecule has 0 aliphatic heterocycles. The van der Waals surface area contributed by atoms with Crippen LogP contribution in [-0.4, -0.2) is 14.9 Å². The monoisotopic (exact) mass is 285 g/mol. The van der Waals surface area contributed by atoms with Crippen molar-refractivity contribution in [1.82, 2.24) is 9.97 Å². The maximum absolute atomic E-state index is 10.8. The molecule has 6 heteroatoms. The highest BCUT2D eigenvalue weighted by atomic mass is 35.5. The normalized spacial score (nSPS) is 10.7. The van der Waals surface area contributed by atoms with Gasteiger partial charge in [0.05, 0.1) is 32.9 Å². The van der Waals surface area contributed by atoms with Gasteiger partial charge in [-0.05, 0) is 18.2 Å². The van der Waals surface area contributed by atoms with E-state index < -0.39 is 4.92 Å². The number of hydrogen-bond acceptors (Lipinski definition) is 4. The number of fused-ring (bicyclic) bond motifs is 1. The zero-order chi connectivity index (χ0) is 14.1. The summed E-state index contributed by atoms with van der Waals surface area (Å²) >= 11 is 6.10. The van der Waals surface area contributed by atoms with E-state index in [1.54, 1.807) is 6.20 Å². The van der Waals surface area contributed by atoms with Crippen LogP contribution in [0.25, 0.3) is 22.3 Å². The fourth-order valence-corrected chi connectivity index (χ4v) is 2.12. The van der Waals surface area contributed by atoms with Crippen molar-refractivity contribution >= 4 is 28.3 Å². The Morgan fingerprint density at radius 1 is 1.10 bits per heavy atom. The topological polar surface area (TPSA) is 68.9 Å². The van der Waals surface area contributed by atoms with Crippen molar-refractivity contribution in [2.24, 2.45) is 0 Å². The van der Waals surface area contributed by atoms with Gasteiger partial charge < -0.3 is 0 Å². The average molecular weight is 286 g/mol. The minimum absolute atomic E-state index is 0.0284. The van der Waals surface area contributed by atoms with Crippen molar-refractivity contribution < 1.29 is 4.92 Å². The molecule has 0 saturated heterocycles. The van der Waals surface area contributed by atoms with Gasteiger partial charge in [-0.25, -0.2) is 4.98 Å². The van der Waals surface area contributed by atoms with Gasteiger partial charge in [-0.1, -0.05) is 23.7 Å². The van der Waals surface area contributed by atoms with E-state index in [-0.39, 0.29) is 5.69 Å². The van der Waals surface area contributed by atoms with Crippen molar-refractivity contribution in [3.8, 4) is 11.3 Å². The molecule has 0 radical (unpaired) electrons. The van der Waals surface area contributed by atoms with Crippen LogP contribution in [0.4, 0.5) is 5.69 Å². The lowest BCUT2D eigenvalue weighted by molar-refractivity contribution is -0.384. The highest BCUT2D eigenvalue weighted by Gasteiger charge is 2.13. The minimum atomic E-state index is -0.464. The Balaban J connectivity index is 2.19. The van der Waals surface area contributed by atoms with E-state index >= 15 is 0 Å². The second kappa shape index (κ2) is 4.86. The summed E-state index contributed by atoms with van der Waals surface area (Å²) in [4.78, 5) is 19.1. The van der Waals surface area contributed by atoms with Gasteiger partial charge in [-0.15, -0.1) is 0 Å². The van der Waals surface area contributed by atoms with Crippen molar-refractivity contribution in [3.05, 3.63) is 63.8 Å². The minimum Gasteiger partial charge on any atom is -0.258 e. The summed E-state index contributed by atoms with van der Waals surface area (Å²) in [7, 11) is 0. The van der Waals surface area contributed by atoms with E-state index in [2.05, 4.69) is 9.97 Å². The molecule has 98 valence electrons. The largest absolute Gasteiger partial charge is 0.270 e. The lowest BCUT2D eigenvalue weighted by atomic mass is 10.1. The van der Waals surface area contributed by atoms with Crippen LogP contribution in [0.3, 0.4) is 0 Å². The zero-order valence-corrected chi connectivity index (χ0v) is 10.9. The quantitative estimate of drug-likeness (QED) is 0.529. The van der Waals surface area contributed by atoms with Crippen LogP contribution in [0.5, 0.6) is 0 Å². The lowest BCUT2D eigenvalue weighted by Crippen LogP contribution is -1.92. The van der Waals surface area contributed by atoms with Crippen LogP contribution in [0, 0.1) is 10.1 Å². The number of benzene rings is 2. The van der Waals surface area contributed by atoms with Crippen molar-refractivity contribution in [3.63, 3.8) is 0 Å². The van der Waals surface area contributed by atoms with Gasteiger partial charge in [0, 0.05) is 17.7 Å². The van der Waals surface area contributed by atoms with Gasteiger partial charge in [0.25, 0.3) is 5.69 Å². The number of aromatic nitrogens is 2. The predicted octanol–water partition coefficient (Wildman–Crippen LogP) is 3.86. The van der Waals surface area contributed by atoms with Crippen LogP contribution in [0.2, 0.25) is 5.02 Å². The van der Waals surface area contributed by atoms with Crippen LogP contribution >= 0.6 is 11.6 Å². The number of nitrogens with zero attached hydrogens (tertiary/aromatic N) is 3. The third-order valence-corrected chi connectivity index (χ3v) is 3.21. The van der Waals surface area contributed by atoms with Gasteiger partial charge in [-0.2, -0.15) is 0 Å². The van der Waals surface area contributed by atoms with Crippen LogP contribution < -0.4 is 0 Å². The van der Waals surface area contributed by atoms with Crippen molar-refractivity contribution in [2.45, 2.75) is 0 Å². The van der Waals surface area contributed by atoms with Crippen molar-refractivity contribution in [1.29, 1.82) is 0 Å². The smallest absolute Gasteiger partial charge is 0.258 e. The molecule has 1 heterocycles. The average Bonchev–Trinajstić information content (AvgIpc) is 2.47. The van der Waals surface area contributed by atoms with Crippen LogP contribution in [0.1, 0.15) is 0 Å². The molecule has 0 N–H and O–H groups in total. The maximum atomic E-state index is 10.8. The molecular weight excluding hydrogens is 278 g/mol. The standard InChI is InChI=1S/C14H8ClN3O2/c15-11-6-5-9(18(19)20)7-10(11)14-8-16-12-3-1-2-4-13(12)17-14/h1-8H. The molecule has 3 aromatic rings. The summed E-state index contributed by atoms with van der Waals surface area (Å²) in [6.45, 7) is 0. The fourth-order valence-electron chi connectivity index (χ4n) is 1.91. The van der Waals surface area contributed by atoms with Gasteiger partial charge in [-0.3, -0.25) is 15.1 Å². The van der Waals surface area contributed by atoms with E-state index in [1.807, 2.05) is 24.3 Å². The SMILES string of the molecule is O=[N+]([O-])c1ccc(Cl)c(-c2cnc3ccccc3n2)c1. The molecule has 0 spiro atoms. The number of hydrogen-bond donors (Lipinski definition) is 0. The first-order valence-electron chi connectivity index (χ1n) is 5.81. The van der Waals surface area contributed by atoms with Gasteiger partial charge in [0.1, 0.15) is 0 Å². The Kier molecular flexibility index (Phi) is 3.04. The molecule has 0 unspecified atom stereocenters. The molecular formula is C14H8ClN3O2. The predicted molar refractivity (Wildman–Crippen MR) is 76.6 cm³/mol. The molecule has 0 fully saturated rings. The molecule has 1 aromatic heterocycles. The number of rotatable bonds is 2. The molecule has 20 heavy (non-hydrogen) atoms. The number of halogens is 1. The molecule has 0 saturated carbocycles. The molecule has 3 rings (SSSR count). The summed E-state index contributed by atoms with van der Waals surface area (Å²) in [5, 5.41) is 11.2. The van der Waals surface area contributed by atoms with E-state index in [0.717, 1.165) is 5.52 Å². The Morgan fingerprint density at radius 2 is 1.85 bits per heavy atom. The number of nitro benzene ring substituents is 1. The number of para-hydroxylation sites is 2. The summed E-state index contributed by atoms with van der Waals surface area (Å²) in [6.07, 6.45) is 1.56. The Hall–Kier alpha value is -2.53. The molecule has 0 atom stereocenters. The molecule has 0 aliphatic rings. The van der Waals surface area contributed by atoms with Gasteiger partial charge in [0.15, 0.2) is 0 Å². The molecule has 2 aromatic carbocycles. The Bertz CT molecular complexity index is 820. The maximum Gasteiger partial charge on any atom is 0.270 e. The van der Waals surface area contributed by atoms with E-state index in [1.165, 1.54) is 18.2 Å². The van der Waals surface area contributed by atoms with Gasteiger partial charge >= 0.3 is 0 Å². The first-order valence-corrected chi connectivity index (χ1v) is 6.19. The molecule has 5 nitrogen and oxygen atoms in total. The molecule has 0 aliphatic carbocycles. The second-order valence-corrected chi connectivity index (χ2v) is 4.57. The summed E-state index contributed by atoms with van der Waals surface area (Å²) in [6, 6.07) is 11.7. The van der Waals surface area contributed by atoms with Crippen LogP contribution in [-0.2, 0) is 0 Å². The first-order chi connectivity index (χ1) is 9.65. The number of nitro groups is 1. The first kappa shape index (κ1) is 12.5. The second-order valence-electron chi connectivity index (χ2n) is 4.17. The molecule has 0 amide bonds. The third-order valence-electron chi connectivity index (χ3n) is 2.89. The van der Waals surface area contributed by atoms with E-state index in [9.17, 15) is 10.1 Å². The Labute approximate surface area is 119 Å². The fraction of sp³-hybridized carbons (Fsp3) is 0.